The van der Waals surface area contributed by atoms with Crippen LogP contribution < -0.4 is 4.13 Å². The molecule has 0 bridgehead atoms. The summed E-state index contributed by atoms with van der Waals surface area (Å²) < 4.78 is 80.7. The van der Waals surface area contributed by atoms with Gasteiger partial charge in [0.05, 0.1) is 4.90 Å². The summed E-state index contributed by atoms with van der Waals surface area (Å²) in [6.45, 7) is 0. The van der Waals surface area contributed by atoms with Crippen LogP contribution in [-0.4, -0.2) is 22.3 Å². The SMILES string of the molecule is O=S(=O)(NS(=O)(=O)C(F)(F)F)c1ccc(Cl)cc1. The smallest absolute Gasteiger partial charge is 0.206 e. The molecule has 11 heteroatoms. The maximum absolute atomic E-state index is 12.0. The number of hydrogen-bond acceptors (Lipinski definition) is 4. The van der Waals surface area contributed by atoms with Crippen LogP contribution in [0.3, 0.4) is 0 Å². The highest BCUT2D eigenvalue weighted by molar-refractivity contribution is 8.05. The van der Waals surface area contributed by atoms with Crippen LogP contribution in [0, 0.1) is 0 Å². The van der Waals surface area contributed by atoms with Gasteiger partial charge in [0.2, 0.25) is 0 Å². The Hall–Kier alpha value is -0.840. The second-order valence-corrected chi connectivity index (χ2v) is 7.04. The first kappa shape index (κ1) is 15.2. The predicted molar refractivity (Wildman–Crippen MR) is 56.7 cm³/mol. The molecule has 18 heavy (non-hydrogen) atoms. The van der Waals surface area contributed by atoms with Gasteiger partial charge in [0.25, 0.3) is 10.0 Å². The Morgan fingerprint density at radius 3 is 1.83 bits per heavy atom. The largest absolute Gasteiger partial charge is 0.512 e. The Balaban J connectivity index is 3.15. The number of benzene rings is 1. The van der Waals surface area contributed by atoms with Crippen LogP contribution in [-0.2, 0) is 20.0 Å². The van der Waals surface area contributed by atoms with Gasteiger partial charge in [-0.3, -0.25) is 0 Å². The lowest BCUT2D eigenvalue weighted by Gasteiger charge is -2.10. The van der Waals surface area contributed by atoms with Crippen molar-refractivity contribution in [1.29, 1.82) is 0 Å². The van der Waals surface area contributed by atoms with Crippen LogP contribution in [0.2, 0.25) is 5.02 Å². The van der Waals surface area contributed by atoms with Gasteiger partial charge in [-0.2, -0.15) is 13.2 Å². The minimum absolute atomic E-state index is 0.146. The summed E-state index contributed by atoms with van der Waals surface area (Å²) in [4.78, 5) is -0.653. The number of hydrogen-bond donors (Lipinski definition) is 1. The van der Waals surface area contributed by atoms with E-state index in [9.17, 15) is 30.0 Å². The molecular weight excluding hydrogens is 319 g/mol. The van der Waals surface area contributed by atoms with Crippen molar-refractivity contribution in [1.82, 2.24) is 4.13 Å². The number of nitrogens with one attached hydrogen (secondary N) is 1. The van der Waals surface area contributed by atoms with Crippen molar-refractivity contribution < 1.29 is 30.0 Å². The zero-order chi connectivity index (χ0) is 14.2. The average Bonchev–Trinajstić information content (AvgIpc) is 2.14. The summed E-state index contributed by atoms with van der Waals surface area (Å²) in [7, 11) is -10.8. The Morgan fingerprint density at radius 1 is 1.00 bits per heavy atom. The van der Waals surface area contributed by atoms with Gasteiger partial charge in [0, 0.05) is 5.02 Å². The molecule has 0 aromatic heterocycles. The molecule has 0 fully saturated rings. The normalized spacial score (nSPS) is 13.6. The molecule has 0 atom stereocenters. The van der Waals surface area contributed by atoms with Crippen LogP contribution in [0.4, 0.5) is 13.2 Å². The maximum Gasteiger partial charge on any atom is 0.512 e. The van der Waals surface area contributed by atoms with Crippen LogP contribution >= 0.6 is 11.6 Å². The topological polar surface area (TPSA) is 80.3 Å². The number of rotatable bonds is 3. The lowest BCUT2D eigenvalue weighted by molar-refractivity contribution is -0.0441. The fourth-order valence-electron chi connectivity index (χ4n) is 0.854. The standard InChI is InChI=1S/C7H5ClF3NO4S2/c8-5-1-3-6(4-2-5)17(13,14)12-18(15,16)7(9,10)11/h1-4,12H. The van der Waals surface area contributed by atoms with E-state index in [1.54, 1.807) is 0 Å². The number of sulfonamides is 2. The van der Waals surface area contributed by atoms with Gasteiger partial charge in [-0.1, -0.05) is 15.7 Å². The van der Waals surface area contributed by atoms with E-state index in [-0.39, 0.29) is 5.02 Å². The van der Waals surface area contributed by atoms with Crippen molar-refractivity contribution >= 4 is 31.6 Å². The molecule has 0 amide bonds. The van der Waals surface area contributed by atoms with Crippen LogP contribution in [0.1, 0.15) is 0 Å². The van der Waals surface area contributed by atoms with Gasteiger partial charge >= 0.3 is 15.5 Å². The van der Waals surface area contributed by atoms with Crippen molar-refractivity contribution in [3.63, 3.8) is 0 Å². The van der Waals surface area contributed by atoms with E-state index < -0.39 is 30.5 Å². The summed E-state index contributed by atoms with van der Waals surface area (Å²) in [5, 5.41) is 0.146. The van der Waals surface area contributed by atoms with E-state index in [2.05, 4.69) is 0 Å². The molecular formula is C7H5ClF3NO4S2. The first-order valence-electron chi connectivity index (χ1n) is 4.06. The summed E-state index contributed by atoms with van der Waals surface area (Å²) in [6, 6.07) is 3.93. The van der Waals surface area contributed by atoms with E-state index in [1.807, 2.05) is 0 Å². The third-order valence-corrected chi connectivity index (χ3v) is 5.16. The molecule has 0 heterocycles. The second-order valence-electron chi connectivity index (χ2n) is 2.99. The molecule has 0 aliphatic rings. The van der Waals surface area contributed by atoms with Gasteiger partial charge < -0.3 is 0 Å². The summed E-state index contributed by atoms with van der Waals surface area (Å²) in [5.41, 5.74) is -5.72. The molecule has 0 spiro atoms. The van der Waals surface area contributed by atoms with E-state index in [0.717, 1.165) is 24.3 Å². The highest BCUT2D eigenvalue weighted by Crippen LogP contribution is 2.23. The molecule has 0 aliphatic carbocycles. The van der Waals surface area contributed by atoms with E-state index in [0.29, 0.717) is 4.13 Å². The minimum Gasteiger partial charge on any atom is -0.206 e. The van der Waals surface area contributed by atoms with Gasteiger partial charge in [0.1, 0.15) is 0 Å². The van der Waals surface area contributed by atoms with E-state index >= 15 is 0 Å². The van der Waals surface area contributed by atoms with Gasteiger partial charge in [0.15, 0.2) is 0 Å². The third-order valence-electron chi connectivity index (χ3n) is 1.65. The summed E-state index contributed by atoms with van der Waals surface area (Å²) in [6.07, 6.45) is 0. The van der Waals surface area contributed by atoms with Gasteiger partial charge in [-0.15, -0.1) is 0 Å². The third kappa shape index (κ3) is 3.34. The van der Waals surface area contributed by atoms with Crippen molar-refractivity contribution in [2.24, 2.45) is 0 Å². The first-order valence-corrected chi connectivity index (χ1v) is 7.40. The molecule has 0 unspecified atom stereocenters. The fraction of sp³-hybridized carbons (Fsp3) is 0.143. The zero-order valence-electron chi connectivity index (χ0n) is 8.27. The fourth-order valence-corrected chi connectivity index (χ4v) is 3.39. The van der Waals surface area contributed by atoms with E-state index in [1.165, 1.54) is 0 Å². The second kappa shape index (κ2) is 4.68. The number of alkyl halides is 3. The minimum atomic E-state index is -5.98. The molecule has 5 nitrogen and oxygen atoms in total. The molecule has 1 rings (SSSR count). The predicted octanol–water partition coefficient (Wildman–Crippen LogP) is 1.47. The molecule has 0 saturated heterocycles. The van der Waals surface area contributed by atoms with Gasteiger partial charge in [-0.05, 0) is 24.3 Å². The zero-order valence-corrected chi connectivity index (χ0v) is 10.7. The summed E-state index contributed by atoms with van der Waals surface area (Å²) in [5.74, 6) is 0. The molecule has 1 aromatic carbocycles. The quantitative estimate of drug-likeness (QED) is 0.913. The molecule has 1 aromatic rings. The Kier molecular flexibility index (Phi) is 3.96. The van der Waals surface area contributed by atoms with Crippen LogP contribution in [0.5, 0.6) is 0 Å². The van der Waals surface area contributed by atoms with Crippen molar-refractivity contribution in [2.75, 3.05) is 0 Å². The van der Waals surface area contributed by atoms with Crippen LogP contribution in [0.25, 0.3) is 0 Å². The highest BCUT2D eigenvalue weighted by atomic mass is 35.5. The Morgan fingerprint density at radius 2 is 1.44 bits per heavy atom. The summed E-state index contributed by atoms with van der Waals surface area (Å²) >= 11 is 5.45. The Bertz CT molecular complexity index is 636. The average molecular weight is 324 g/mol. The van der Waals surface area contributed by atoms with Crippen LogP contribution in [0.15, 0.2) is 29.2 Å². The highest BCUT2D eigenvalue weighted by Gasteiger charge is 2.48. The maximum atomic E-state index is 12.0. The monoisotopic (exact) mass is 323 g/mol. The molecule has 1 N–H and O–H groups in total. The molecule has 0 aliphatic heterocycles. The molecule has 0 radical (unpaired) electrons. The van der Waals surface area contributed by atoms with Crippen molar-refractivity contribution in [3.8, 4) is 0 Å². The van der Waals surface area contributed by atoms with Crippen molar-refractivity contribution in [3.05, 3.63) is 29.3 Å². The first-order chi connectivity index (χ1) is 7.96. The molecule has 102 valence electrons. The van der Waals surface area contributed by atoms with Gasteiger partial charge in [-0.25, -0.2) is 16.8 Å². The van der Waals surface area contributed by atoms with E-state index in [4.69, 9.17) is 11.6 Å². The van der Waals surface area contributed by atoms with Crippen molar-refractivity contribution in [2.45, 2.75) is 10.4 Å². The lowest BCUT2D eigenvalue weighted by atomic mass is 10.4. The molecule has 0 saturated carbocycles. The number of halogens is 4. The lowest BCUT2D eigenvalue weighted by Crippen LogP contribution is -2.40. The Labute approximate surface area is 106 Å².